The van der Waals surface area contributed by atoms with Crippen molar-refractivity contribution in [2.45, 2.75) is 51.2 Å². The quantitative estimate of drug-likeness (QED) is 0.431. The van der Waals surface area contributed by atoms with Gasteiger partial charge >= 0.3 is 0 Å². The molecule has 0 radical (unpaired) electrons. The molecular formula is C18H25BrO4. The van der Waals surface area contributed by atoms with Gasteiger partial charge in [-0.2, -0.15) is 0 Å². The van der Waals surface area contributed by atoms with Gasteiger partial charge in [0, 0.05) is 17.7 Å². The molecule has 23 heavy (non-hydrogen) atoms. The van der Waals surface area contributed by atoms with Crippen LogP contribution >= 0.6 is 15.9 Å². The molecule has 1 aliphatic heterocycles. The number of rotatable bonds is 10. The van der Waals surface area contributed by atoms with Crippen molar-refractivity contribution in [2.24, 2.45) is 0 Å². The van der Waals surface area contributed by atoms with Crippen molar-refractivity contribution in [3.05, 3.63) is 28.2 Å². The third-order valence-electron chi connectivity index (χ3n) is 3.84. The third kappa shape index (κ3) is 7.02. The van der Waals surface area contributed by atoms with Gasteiger partial charge in [-0.1, -0.05) is 22.4 Å². The SMILES string of the molecule is O=Cc1cc(Br)ccc1OCCCCCCOC1CCCCO1. The van der Waals surface area contributed by atoms with Crippen LogP contribution in [0.4, 0.5) is 0 Å². The van der Waals surface area contributed by atoms with Gasteiger partial charge in [0.15, 0.2) is 12.6 Å². The molecule has 0 saturated carbocycles. The molecule has 1 saturated heterocycles. The van der Waals surface area contributed by atoms with Crippen LogP contribution in [-0.4, -0.2) is 32.4 Å². The number of ether oxygens (including phenoxy) is 3. The lowest BCUT2D eigenvalue weighted by molar-refractivity contribution is -0.162. The lowest BCUT2D eigenvalue weighted by Crippen LogP contribution is -2.22. The number of hydrogen-bond acceptors (Lipinski definition) is 4. The molecule has 1 unspecified atom stereocenters. The lowest BCUT2D eigenvalue weighted by Gasteiger charge is -2.22. The maximum Gasteiger partial charge on any atom is 0.157 e. The van der Waals surface area contributed by atoms with Crippen LogP contribution < -0.4 is 4.74 Å². The molecule has 1 atom stereocenters. The summed E-state index contributed by atoms with van der Waals surface area (Å²) in [4.78, 5) is 11.0. The molecule has 0 bridgehead atoms. The van der Waals surface area contributed by atoms with E-state index in [1.165, 1.54) is 6.42 Å². The highest BCUT2D eigenvalue weighted by molar-refractivity contribution is 9.10. The van der Waals surface area contributed by atoms with Crippen LogP contribution in [0.25, 0.3) is 0 Å². The summed E-state index contributed by atoms with van der Waals surface area (Å²) in [6.45, 7) is 2.24. The first-order valence-corrected chi connectivity index (χ1v) is 9.19. The molecule has 4 nitrogen and oxygen atoms in total. The van der Waals surface area contributed by atoms with Crippen LogP contribution in [0, 0.1) is 0 Å². The lowest BCUT2D eigenvalue weighted by atomic mass is 10.2. The predicted molar refractivity (Wildman–Crippen MR) is 93.0 cm³/mol. The smallest absolute Gasteiger partial charge is 0.157 e. The monoisotopic (exact) mass is 384 g/mol. The van der Waals surface area contributed by atoms with Gasteiger partial charge in [-0.05, 0) is 56.7 Å². The first kappa shape index (κ1) is 18.4. The molecule has 0 N–H and O–H groups in total. The summed E-state index contributed by atoms with van der Waals surface area (Å²) >= 11 is 3.35. The van der Waals surface area contributed by atoms with Gasteiger partial charge in [-0.3, -0.25) is 4.79 Å². The number of benzene rings is 1. The second kappa shape index (κ2) is 10.8. The maximum absolute atomic E-state index is 11.0. The van der Waals surface area contributed by atoms with Gasteiger partial charge < -0.3 is 14.2 Å². The van der Waals surface area contributed by atoms with Crippen LogP contribution in [0.1, 0.15) is 55.3 Å². The topological polar surface area (TPSA) is 44.8 Å². The van der Waals surface area contributed by atoms with Crippen LogP contribution in [0.5, 0.6) is 5.75 Å². The van der Waals surface area contributed by atoms with E-state index in [1.54, 1.807) is 6.07 Å². The van der Waals surface area contributed by atoms with E-state index in [0.29, 0.717) is 17.9 Å². The number of hydrogen-bond donors (Lipinski definition) is 0. The van der Waals surface area contributed by atoms with E-state index < -0.39 is 0 Å². The van der Waals surface area contributed by atoms with Crippen LogP contribution in [0.2, 0.25) is 0 Å². The second-order valence-corrected chi connectivity index (χ2v) is 6.65. The normalized spacial score (nSPS) is 17.9. The minimum atomic E-state index is 0.0197. The Morgan fingerprint density at radius 1 is 1.17 bits per heavy atom. The summed E-state index contributed by atoms with van der Waals surface area (Å²) in [6, 6.07) is 5.48. The summed E-state index contributed by atoms with van der Waals surface area (Å²) in [6.07, 6.45) is 8.49. The van der Waals surface area contributed by atoms with Crippen molar-refractivity contribution in [3.8, 4) is 5.75 Å². The number of carbonyl (C=O) groups excluding carboxylic acids is 1. The summed E-state index contributed by atoms with van der Waals surface area (Å²) in [5.41, 5.74) is 0.584. The van der Waals surface area contributed by atoms with Gasteiger partial charge in [0.25, 0.3) is 0 Å². The Hall–Kier alpha value is -0.910. The Morgan fingerprint density at radius 3 is 2.74 bits per heavy atom. The number of unbranched alkanes of at least 4 members (excludes halogenated alkanes) is 3. The van der Waals surface area contributed by atoms with Crippen molar-refractivity contribution >= 4 is 22.2 Å². The van der Waals surface area contributed by atoms with Crippen molar-refractivity contribution in [2.75, 3.05) is 19.8 Å². The van der Waals surface area contributed by atoms with E-state index in [4.69, 9.17) is 14.2 Å². The number of aldehydes is 1. The molecule has 128 valence electrons. The highest BCUT2D eigenvalue weighted by Gasteiger charge is 2.13. The van der Waals surface area contributed by atoms with Crippen LogP contribution in [-0.2, 0) is 9.47 Å². The van der Waals surface area contributed by atoms with Crippen molar-refractivity contribution in [3.63, 3.8) is 0 Å². The summed E-state index contributed by atoms with van der Waals surface area (Å²) < 4.78 is 17.8. The Kier molecular flexibility index (Phi) is 8.64. The Labute approximate surface area is 146 Å². The summed E-state index contributed by atoms with van der Waals surface area (Å²) in [5, 5.41) is 0. The summed E-state index contributed by atoms with van der Waals surface area (Å²) in [5.74, 6) is 0.654. The Bertz CT molecular complexity index is 472. The molecule has 1 heterocycles. The van der Waals surface area contributed by atoms with Gasteiger partial charge in [-0.15, -0.1) is 0 Å². The molecule has 5 heteroatoms. The summed E-state index contributed by atoms with van der Waals surface area (Å²) in [7, 11) is 0. The van der Waals surface area contributed by atoms with E-state index in [1.807, 2.05) is 12.1 Å². The largest absolute Gasteiger partial charge is 0.493 e. The van der Waals surface area contributed by atoms with E-state index in [0.717, 1.165) is 62.5 Å². The van der Waals surface area contributed by atoms with Crippen LogP contribution in [0.3, 0.4) is 0 Å². The van der Waals surface area contributed by atoms with Crippen molar-refractivity contribution < 1.29 is 19.0 Å². The zero-order valence-corrected chi connectivity index (χ0v) is 15.1. The van der Waals surface area contributed by atoms with Gasteiger partial charge in [0.05, 0.1) is 12.2 Å². The Morgan fingerprint density at radius 2 is 2.00 bits per heavy atom. The molecule has 1 aromatic carbocycles. The fourth-order valence-corrected chi connectivity index (χ4v) is 2.92. The second-order valence-electron chi connectivity index (χ2n) is 5.73. The van der Waals surface area contributed by atoms with E-state index in [9.17, 15) is 4.79 Å². The highest BCUT2D eigenvalue weighted by atomic mass is 79.9. The average Bonchev–Trinajstić information content (AvgIpc) is 2.59. The highest BCUT2D eigenvalue weighted by Crippen LogP contribution is 2.22. The molecule has 1 aliphatic rings. The molecular weight excluding hydrogens is 360 g/mol. The Balaban J connectivity index is 1.50. The fraction of sp³-hybridized carbons (Fsp3) is 0.611. The molecule has 0 amide bonds. The van der Waals surface area contributed by atoms with Gasteiger partial charge in [0.1, 0.15) is 5.75 Å². The third-order valence-corrected chi connectivity index (χ3v) is 4.33. The number of halogens is 1. The van der Waals surface area contributed by atoms with Crippen molar-refractivity contribution in [1.82, 2.24) is 0 Å². The predicted octanol–water partition coefficient (Wildman–Crippen LogP) is 4.74. The average molecular weight is 385 g/mol. The molecule has 0 aromatic heterocycles. The van der Waals surface area contributed by atoms with Crippen LogP contribution in [0.15, 0.2) is 22.7 Å². The fourth-order valence-electron chi connectivity index (χ4n) is 2.54. The standard InChI is InChI=1S/C18H25BrO4/c19-16-8-9-17(15(13-16)14-20)21-10-4-1-2-5-11-22-18-7-3-6-12-23-18/h8-9,13-14,18H,1-7,10-12H2. The molecule has 0 aliphatic carbocycles. The molecule has 1 fully saturated rings. The van der Waals surface area contributed by atoms with E-state index in [2.05, 4.69) is 15.9 Å². The maximum atomic E-state index is 11.0. The molecule has 0 spiro atoms. The van der Waals surface area contributed by atoms with Gasteiger partial charge in [-0.25, -0.2) is 0 Å². The number of carbonyl (C=O) groups is 1. The minimum absolute atomic E-state index is 0.0197. The first-order chi connectivity index (χ1) is 11.3. The molecule has 1 aromatic rings. The first-order valence-electron chi connectivity index (χ1n) is 8.40. The zero-order chi connectivity index (χ0) is 16.3. The van der Waals surface area contributed by atoms with E-state index >= 15 is 0 Å². The van der Waals surface area contributed by atoms with E-state index in [-0.39, 0.29) is 6.29 Å². The van der Waals surface area contributed by atoms with Gasteiger partial charge in [0.2, 0.25) is 0 Å². The van der Waals surface area contributed by atoms with Crippen molar-refractivity contribution in [1.29, 1.82) is 0 Å². The molecule has 2 rings (SSSR count). The zero-order valence-electron chi connectivity index (χ0n) is 13.5. The minimum Gasteiger partial charge on any atom is -0.493 e.